The van der Waals surface area contributed by atoms with E-state index in [0.29, 0.717) is 5.92 Å². The predicted molar refractivity (Wildman–Crippen MR) is 56.5 cm³/mol. The van der Waals surface area contributed by atoms with E-state index in [1.165, 1.54) is 24.0 Å². The number of ether oxygens (including phenoxy) is 1. The fourth-order valence-corrected chi connectivity index (χ4v) is 1.91. The van der Waals surface area contributed by atoms with Gasteiger partial charge in [0.15, 0.2) is 0 Å². The van der Waals surface area contributed by atoms with Crippen molar-refractivity contribution in [2.75, 3.05) is 7.11 Å². The average Bonchev–Trinajstić information content (AvgIpc) is 2.16. The van der Waals surface area contributed by atoms with Gasteiger partial charge in [-0.3, -0.25) is 0 Å². The van der Waals surface area contributed by atoms with E-state index in [9.17, 15) is 0 Å². The van der Waals surface area contributed by atoms with Crippen LogP contribution in [0.4, 0.5) is 0 Å². The zero-order chi connectivity index (χ0) is 9.84. The summed E-state index contributed by atoms with van der Waals surface area (Å²) in [4.78, 5) is 0. The van der Waals surface area contributed by atoms with Crippen LogP contribution in [0.2, 0.25) is 0 Å². The fraction of sp³-hybridized carbons (Fsp3) is 0.667. The summed E-state index contributed by atoms with van der Waals surface area (Å²) in [6.07, 6.45) is 5.80. The summed E-state index contributed by atoms with van der Waals surface area (Å²) >= 11 is 0. The van der Waals surface area contributed by atoms with Crippen molar-refractivity contribution in [2.45, 2.75) is 40.0 Å². The molecule has 0 fully saturated rings. The molecule has 0 saturated carbocycles. The maximum Gasteiger partial charge on any atom is 0.121 e. The van der Waals surface area contributed by atoms with E-state index >= 15 is 0 Å². The number of hydrogen-bond donors (Lipinski definition) is 0. The normalized spacial score (nSPS) is 17.8. The summed E-state index contributed by atoms with van der Waals surface area (Å²) in [6.45, 7) is 6.66. The van der Waals surface area contributed by atoms with Gasteiger partial charge < -0.3 is 4.74 Å². The molecular weight excluding hydrogens is 160 g/mol. The van der Waals surface area contributed by atoms with Gasteiger partial charge in [0.25, 0.3) is 0 Å². The van der Waals surface area contributed by atoms with Gasteiger partial charge in [-0.25, -0.2) is 0 Å². The first kappa shape index (κ1) is 10.4. The van der Waals surface area contributed by atoms with Crippen molar-refractivity contribution in [2.24, 2.45) is 5.92 Å². The molecule has 0 N–H and O–H groups in total. The lowest BCUT2D eigenvalue weighted by Crippen LogP contribution is -2.07. The molecule has 0 unspecified atom stereocenters. The van der Waals surface area contributed by atoms with Crippen LogP contribution < -0.4 is 0 Å². The minimum absolute atomic E-state index is 0.580. The number of methoxy groups -OCH3 is 1. The molecule has 0 heterocycles. The van der Waals surface area contributed by atoms with Gasteiger partial charge in [-0.1, -0.05) is 26.8 Å². The van der Waals surface area contributed by atoms with Gasteiger partial charge in [0.1, 0.15) is 5.76 Å². The van der Waals surface area contributed by atoms with Crippen LogP contribution in [0.25, 0.3) is 0 Å². The lowest BCUT2D eigenvalue weighted by Gasteiger charge is -2.22. The smallest absolute Gasteiger partial charge is 0.121 e. The summed E-state index contributed by atoms with van der Waals surface area (Å²) in [5.41, 5.74) is 2.87. The largest absolute Gasteiger partial charge is 0.497 e. The van der Waals surface area contributed by atoms with Crippen LogP contribution in [0.3, 0.4) is 0 Å². The molecule has 0 amide bonds. The van der Waals surface area contributed by atoms with Crippen molar-refractivity contribution < 1.29 is 4.74 Å². The second-order valence-electron chi connectivity index (χ2n) is 3.84. The number of hydrogen-bond acceptors (Lipinski definition) is 1. The van der Waals surface area contributed by atoms with Crippen LogP contribution in [0.1, 0.15) is 40.0 Å². The summed E-state index contributed by atoms with van der Waals surface area (Å²) in [6, 6.07) is 0. The topological polar surface area (TPSA) is 9.23 Å². The molecule has 0 aliphatic heterocycles. The average molecular weight is 180 g/mol. The third kappa shape index (κ3) is 2.15. The molecule has 13 heavy (non-hydrogen) atoms. The Bertz CT molecular complexity index is 234. The Kier molecular flexibility index (Phi) is 3.58. The highest BCUT2D eigenvalue weighted by Gasteiger charge is 2.17. The lowest BCUT2D eigenvalue weighted by molar-refractivity contribution is 0.284. The molecule has 0 saturated heterocycles. The quantitative estimate of drug-likeness (QED) is 0.644. The molecule has 74 valence electrons. The molecule has 1 aliphatic carbocycles. The van der Waals surface area contributed by atoms with E-state index in [2.05, 4.69) is 26.8 Å². The van der Waals surface area contributed by atoms with E-state index in [1.54, 1.807) is 7.11 Å². The van der Waals surface area contributed by atoms with Gasteiger partial charge in [0.2, 0.25) is 0 Å². The van der Waals surface area contributed by atoms with Crippen molar-refractivity contribution in [1.82, 2.24) is 0 Å². The van der Waals surface area contributed by atoms with Crippen LogP contribution >= 0.6 is 0 Å². The molecule has 1 aliphatic rings. The third-order valence-corrected chi connectivity index (χ3v) is 2.65. The first-order valence-electron chi connectivity index (χ1n) is 5.17. The molecule has 0 radical (unpaired) electrons. The zero-order valence-electron chi connectivity index (χ0n) is 9.18. The Morgan fingerprint density at radius 1 is 1.46 bits per heavy atom. The second kappa shape index (κ2) is 4.50. The summed E-state index contributed by atoms with van der Waals surface area (Å²) in [7, 11) is 1.78. The fourth-order valence-electron chi connectivity index (χ4n) is 1.91. The molecule has 0 aromatic carbocycles. The minimum atomic E-state index is 0.580. The standard InChI is InChI=1S/C12H20O/c1-5-10-7-6-8-11(9(2)3)12(10)13-4/h8-9H,5-7H2,1-4H3. The van der Waals surface area contributed by atoms with E-state index < -0.39 is 0 Å². The van der Waals surface area contributed by atoms with Gasteiger partial charge in [0.05, 0.1) is 7.11 Å². The highest BCUT2D eigenvalue weighted by molar-refractivity contribution is 5.35. The number of rotatable bonds is 3. The maximum absolute atomic E-state index is 5.48. The Morgan fingerprint density at radius 2 is 2.15 bits per heavy atom. The molecule has 1 heteroatoms. The van der Waals surface area contributed by atoms with Gasteiger partial charge in [0, 0.05) is 0 Å². The molecule has 1 rings (SSSR count). The summed E-state index contributed by atoms with van der Waals surface area (Å²) in [5.74, 6) is 1.74. The first-order valence-corrected chi connectivity index (χ1v) is 5.17. The first-order chi connectivity index (χ1) is 6.20. The van der Waals surface area contributed by atoms with Crippen LogP contribution in [0.5, 0.6) is 0 Å². The van der Waals surface area contributed by atoms with Crippen molar-refractivity contribution >= 4 is 0 Å². The number of allylic oxidation sites excluding steroid dienone is 3. The van der Waals surface area contributed by atoms with Crippen LogP contribution in [-0.2, 0) is 4.74 Å². The molecule has 0 atom stereocenters. The predicted octanol–water partition coefficient (Wildman–Crippen LogP) is 3.67. The molecule has 1 nitrogen and oxygen atoms in total. The van der Waals surface area contributed by atoms with E-state index in [-0.39, 0.29) is 0 Å². The molecule has 0 aromatic rings. The van der Waals surface area contributed by atoms with E-state index in [1.807, 2.05) is 0 Å². The monoisotopic (exact) mass is 180 g/mol. The van der Waals surface area contributed by atoms with Crippen molar-refractivity contribution in [1.29, 1.82) is 0 Å². The zero-order valence-corrected chi connectivity index (χ0v) is 9.18. The van der Waals surface area contributed by atoms with Gasteiger partial charge >= 0.3 is 0 Å². The SMILES string of the molecule is CCC1=C(OC)C(C(C)C)=CCC1. The summed E-state index contributed by atoms with van der Waals surface area (Å²) in [5, 5.41) is 0. The minimum Gasteiger partial charge on any atom is -0.497 e. The third-order valence-electron chi connectivity index (χ3n) is 2.65. The molecule has 0 spiro atoms. The Morgan fingerprint density at radius 3 is 2.62 bits per heavy atom. The van der Waals surface area contributed by atoms with E-state index in [0.717, 1.165) is 12.2 Å². The Labute approximate surface area is 81.5 Å². The van der Waals surface area contributed by atoms with Crippen molar-refractivity contribution in [3.05, 3.63) is 23.0 Å². The molecule has 0 aromatic heterocycles. The Hall–Kier alpha value is -0.720. The highest BCUT2D eigenvalue weighted by Crippen LogP contribution is 2.31. The van der Waals surface area contributed by atoms with Crippen LogP contribution in [0, 0.1) is 5.92 Å². The molecule has 0 bridgehead atoms. The molecular formula is C12H20O. The van der Waals surface area contributed by atoms with Crippen LogP contribution in [0.15, 0.2) is 23.0 Å². The maximum atomic E-state index is 5.48. The lowest BCUT2D eigenvalue weighted by atomic mass is 9.89. The van der Waals surface area contributed by atoms with Gasteiger partial charge in [-0.15, -0.1) is 0 Å². The van der Waals surface area contributed by atoms with Crippen molar-refractivity contribution in [3.8, 4) is 0 Å². The Balaban J connectivity index is 2.96. The summed E-state index contributed by atoms with van der Waals surface area (Å²) < 4.78 is 5.48. The second-order valence-corrected chi connectivity index (χ2v) is 3.84. The van der Waals surface area contributed by atoms with Crippen LogP contribution in [-0.4, -0.2) is 7.11 Å². The highest BCUT2D eigenvalue weighted by atomic mass is 16.5. The van der Waals surface area contributed by atoms with Gasteiger partial charge in [-0.05, 0) is 36.3 Å². The van der Waals surface area contributed by atoms with Crippen molar-refractivity contribution in [3.63, 3.8) is 0 Å². The van der Waals surface area contributed by atoms with E-state index in [4.69, 9.17) is 4.74 Å². The van der Waals surface area contributed by atoms with Gasteiger partial charge in [-0.2, -0.15) is 0 Å².